The lowest BCUT2D eigenvalue weighted by Crippen LogP contribution is -3.17. The fourth-order valence-electron chi connectivity index (χ4n) is 3.71. The van der Waals surface area contributed by atoms with Gasteiger partial charge in [-0.25, -0.2) is 9.69 Å². The number of benzene rings is 1. The van der Waals surface area contributed by atoms with Crippen molar-refractivity contribution in [3.8, 4) is 0 Å². The van der Waals surface area contributed by atoms with Crippen LogP contribution in [0.25, 0.3) is 0 Å². The molecular weight excluding hydrogens is 338 g/mol. The number of carbonyl (C=O) groups is 4. The van der Waals surface area contributed by atoms with Gasteiger partial charge in [-0.3, -0.25) is 14.4 Å². The zero-order valence-electron chi connectivity index (χ0n) is 14.6. The Morgan fingerprint density at radius 2 is 1.77 bits per heavy atom. The van der Waals surface area contributed by atoms with Gasteiger partial charge in [0.15, 0.2) is 6.04 Å². The molecule has 8 heteroatoms. The molecule has 0 saturated carbocycles. The van der Waals surface area contributed by atoms with Crippen molar-refractivity contribution in [2.75, 3.05) is 25.1 Å². The first-order valence-electron chi connectivity index (χ1n) is 8.61. The van der Waals surface area contributed by atoms with Gasteiger partial charge in [0.05, 0.1) is 37.9 Å². The Bertz CT molecular complexity index is 738. The van der Waals surface area contributed by atoms with Crippen LogP contribution in [0.2, 0.25) is 0 Å². The van der Waals surface area contributed by atoms with Gasteiger partial charge < -0.3 is 15.4 Å². The summed E-state index contributed by atoms with van der Waals surface area (Å²) in [6.07, 6.45) is 1.42. The smallest absolute Gasteiger partial charge is 0.337 e. The predicted octanol–water partition coefficient (Wildman–Crippen LogP) is -1.11. The highest BCUT2D eigenvalue weighted by atomic mass is 16.5. The predicted molar refractivity (Wildman–Crippen MR) is 91.3 cm³/mol. The zero-order valence-corrected chi connectivity index (χ0v) is 14.6. The summed E-state index contributed by atoms with van der Waals surface area (Å²) in [7, 11) is 1.29. The van der Waals surface area contributed by atoms with Gasteiger partial charge in [0.25, 0.3) is 5.91 Å². The summed E-state index contributed by atoms with van der Waals surface area (Å²) in [5, 5.41) is 0. The third-order valence-corrected chi connectivity index (χ3v) is 5.22. The summed E-state index contributed by atoms with van der Waals surface area (Å²) in [6, 6.07) is 5.76. The van der Waals surface area contributed by atoms with E-state index in [-0.39, 0.29) is 30.1 Å². The monoisotopic (exact) mass is 360 g/mol. The minimum Gasteiger partial charge on any atom is -0.465 e. The summed E-state index contributed by atoms with van der Waals surface area (Å²) in [5.74, 6) is -1.42. The average Bonchev–Trinajstić information content (AvgIpc) is 2.95. The van der Waals surface area contributed by atoms with Crippen LogP contribution in [-0.2, 0) is 19.1 Å². The number of hydrogen-bond acceptors (Lipinski definition) is 5. The minimum atomic E-state index is -0.477. The van der Waals surface area contributed by atoms with Crippen LogP contribution in [0.15, 0.2) is 24.3 Å². The molecule has 3 rings (SSSR count). The molecule has 138 valence electrons. The van der Waals surface area contributed by atoms with Gasteiger partial charge in [0.2, 0.25) is 11.8 Å². The molecule has 0 bridgehead atoms. The number of hydrogen-bond donors (Lipinski definition) is 2. The van der Waals surface area contributed by atoms with Crippen molar-refractivity contribution >= 4 is 29.4 Å². The molecule has 0 radical (unpaired) electrons. The Kier molecular flexibility index (Phi) is 5.03. The number of quaternary nitrogens is 1. The highest BCUT2D eigenvalue weighted by molar-refractivity contribution is 6.22. The number of imide groups is 1. The van der Waals surface area contributed by atoms with Gasteiger partial charge in [-0.05, 0) is 24.3 Å². The molecule has 1 unspecified atom stereocenters. The Morgan fingerprint density at radius 3 is 2.31 bits per heavy atom. The van der Waals surface area contributed by atoms with Crippen LogP contribution in [0.4, 0.5) is 5.69 Å². The molecule has 0 aromatic heterocycles. The number of methoxy groups -OCH3 is 1. The summed E-state index contributed by atoms with van der Waals surface area (Å²) in [6.45, 7) is 1.29. The van der Waals surface area contributed by atoms with Crippen molar-refractivity contribution in [1.82, 2.24) is 0 Å². The quantitative estimate of drug-likeness (QED) is 0.522. The lowest BCUT2D eigenvalue weighted by molar-refractivity contribution is -0.920. The lowest BCUT2D eigenvalue weighted by Gasteiger charge is -2.30. The molecule has 3 N–H and O–H groups in total. The Hall–Kier alpha value is -2.74. The van der Waals surface area contributed by atoms with Gasteiger partial charge in [0, 0.05) is 18.8 Å². The van der Waals surface area contributed by atoms with Crippen molar-refractivity contribution in [3.63, 3.8) is 0 Å². The minimum absolute atomic E-state index is 0.145. The number of esters is 1. The standard InChI is InChI=1S/C18H21N3O5/c1-26-18(25)12-2-4-13(5-3-12)21-15(22)10-14(17(21)24)20-8-6-11(7-9-20)16(19)23/h2-5,11,14H,6-10H2,1H3,(H2,19,23)/p+1. The van der Waals surface area contributed by atoms with E-state index in [9.17, 15) is 19.2 Å². The first-order chi connectivity index (χ1) is 12.4. The van der Waals surface area contributed by atoms with E-state index >= 15 is 0 Å². The number of nitrogens with one attached hydrogen (secondary N) is 1. The van der Waals surface area contributed by atoms with Crippen molar-refractivity contribution in [2.45, 2.75) is 25.3 Å². The van der Waals surface area contributed by atoms with Crippen molar-refractivity contribution in [3.05, 3.63) is 29.8 Å². The molecule has 26 heavy (non-hydrogen) atoms. The number of ether oxygens (including phenoxy) is 1. The first kappa shape index (κ1) is 18.1. The highest BCUT2D eigenvalue weighted by Gasteiger charge is 2.46. The Morgan fingerprint density at radius 1 is 1.15 bits per heavy atom. The van der Waals surface area contributed by atoms with E-state index in [4.69, 9.17) is 5.73 Å². The molecule has 2 saturated heterocycles. The van der Waals surface area contributed by atoms with Crippen LogP contribution in [0.1, 0.15) is 29.6 Å². The van der Waals surface area contributed by atoms with Crippen molar-refractivity contribution in [2.24, 2.45) is 11.7 Å². The second kappa shape index (κ2) is 7.25. The zero-order chi connectivity index (χ0) is 18.8. The van der Waals surface area contributed by atoms with Crippen LogP contribution >= 0.6 is 0 Å². The van der Waals surface area contributed by atoms with Crippen molar-refractivity contribution < 1.29 is 28.8 Å². The normalized spacial score (nSPS) is 26.0. The SMILES string of the molecule is COC(=O)c1ccc(N2C(=O)CC([NH+]3CCC(C(N)=O)CC3)C2=O)cc1. The number of piperidine rings is 1. The maximum atomic E-state index is 12.8. The molecule has 2 fully saturated rings. The summed E-state index contributed by atoms with van der Waals surface area (Å²) in [4.78, 5) is 50.2. The number of carbonyl (C=O) groups excluding carboxylic acids is 4. The number of amides is 3. The highest BCUT2D eigenvalue weighted by Crippen LogP contribution is 2.23. The molecule has 2 heterocycles. The third-order valence-electron chi connectivity index (χ3n) is 5.22. The second-order valence-electron chi connectivity index (χ2n) is 6.70. The van der Waals surface area contributed by atoms with Gasteiger partial charge in [-0.1, -0.05) is 0 Å². The van der Waals surface area contributed by atoms with E-state index in [0.29, 0.717) is 37.2 Å². The number of primary amides is 1. The third kappa shape index (κ3) is 3.32. The van der Waals surface area contributed by atoms with E-state index in [1.807, 2.05) is 0 Å². The van der Waals surface area contributed by atoms with E-state index in [2.05, 4.69) is 4.74 Å². The van der Waals surface area contributed by atoms with Gasteiger partial charge in [-0.2, -0.15) is 0 Å². The molecule has 2 aliphatic heterocycles. The fourth-order valence-corrected chi connectivity index (χ4v) is 3.71. The van der Waals surface area contributed by atoms with Gasteiger partial charge in [-0.15, -0.1) is 0 Å². The lowest BCUT2D eigenvalue weighted by atomic mass is 9.95. The molecule has 1 atom stereocenters. The molecule has 2 aliphatic rings. The van der Waals surface area contributed by atoms with E-state index in [1.165, 1.54) is 24.1 Å². The van der Waals surface area contributed by atoms with Crippen LogP contribution < -0.4 is 15.5 Å². The number of rotatable bonds is 4. The first-order valence-corrected chi connectivity index (χ1v) is 8.61. The summed E-state index contributed by atoms with van der Waals surface area (Å²) >= 11 is 0. The van der Waals surface area contributed by atoms with Crippen LogP contribution in [-0.4, -0.2) is 49.9 Å². The van der Waals surface area contributed by atoms with E-state index in [1.54, 1.807) is 12.1 Å². The van der Waals surface area contributed by atoms with Crippen LogP contribution in [0.5, 0.6) is 0 Å². The molecule has 3 amide bonds. The molecule has 1 aromatic rings. The topological polar surface area (TPSA) is 111 Å². The van der Waals surface area contributed by atoms with Gasteiger partial charge >= 0.3 is 5.97 Å². The number of nitrogens with zero attached hydrogens (tertiary/aromatic N) is 1. The number of anilines is 1. The Labute approximate surface area is 150 Å². The molecule has 1 aromatic carbocycles. The Balaban J connectivity index is 1.71. The van der Waals surface area contributed by atoms with E-state index in [0.717, 1.165) is 4.90 Å². The number of likely N-dealkylation sites (tertiary alicyclic amines) is 1. The molecule has 0 spiro atoms. The summed E-state index contributed by atoms with van der Waals surface area (Å²) in [5.41, 5.74) is 6.15. The summed E-state index contributed by atoms with van der Waals surface area (Å²) < 4.78 is 4.64. The largest absolute Gasteiger partial charge is 0.465 e. The van der Waals surface area contributed by atoms with Crippen molar-refractivity contribution in [1.29, 1.82) is 0 Å². The molecule has 8 nitrogen and oxygen atoms in total. The average molecular weight is 360 g/mol. The maximum absolute atomic E-state index is 12.8. The molecular formula is C18H22N3O5+. The van der Waals surface area contributed by atoms with Crippen LogP contribution in [0.3, 0.4) is 0 Å². The fraction of sp³-hybridized carbons (Fsp3) is 0.444. The van der Waals surface area contributed by atoms with Crippen LogP contribution in [0, 0.1) is 5.92 Å². The number of nitrogens with two attached hydrogens (primary N) is 1. The maximum Gasteiger partial charge on any atom is 0.337 e. The second-order valence-corrected chi connectivity index (χ2v) is 6.70. The van der Waals surface area contributed by atoms with E-state index < -0.39 is 12.0 Å². The van der Waals surface area contributed by atoms with Gasteiger partial charge in [0.1, 0.15) is 0 Å². The molecule has 0 aliphatic carbocycles.